The van der Waals surface area contributed by atoms with Crippen molar-refractivity contribution >= 4 is 11.8 Å². The number of hydrogen-bond donors (Lipinski definition) is 1. The van der Waals surface area contributed by atoms with Gasteiger partial charge in [-0.1, -0.05) is 0 Å². The summed E-state index contributed by atoms with van der Waals surface area (Å²) in [5.74, 6) is 1.46. The van der Waals surface area contributed by atoms with Crippen LogP contribution in [0.25, 0.3) is 0 Å². The minimum Gasteiger partial charge on any atom is -0.425 e. The molecule has 0 aliphatic carbocycles. The van der Waals surface area contributed by atoms with E-state index in [1.165, 1.54) is 0 Å². The van der Waals surface area contributed by atoms with Crippen LogP contribution in [0.1, 0.15) is 64.2 Å². The first kappa shape index (κ1) is 20.8. The highest BCUT2D eigenvalue weighted by Gasteiger charge is 2.43. The second-order valence-electron chi connectivity index (χ2n) is 8.24. The van der Waals surface area contributed by atoms with Crippen molar-refractivity contribution in [1.82, 2.24) is 20.4 Å². The molecular weight excluding hydrogens is 360 g/mol. The van der Waals surface area contributed by atoms with E-state index in [9.17, 15) is 9.59 Å². The lowest BCUT2D eigenvalue weighted by atomic mass is 9.90. The zero-order valence-corrected chi connectivity index (χ0v) is 17.1. The van der Waals surface area contributed by atoms with Gasteiger partial charge in [-0.05, 0) is 51.9 Å². The first-order valence-electron chi connectivity index (χ1n) is 10.4. The summed E-state index contributed by atoms with van der Waals surface area (Å²) in [5, 5.41) is 10.8. The predicted octanol–water partition coefficient (Wildman–Crippen LogP) is 2.01. The highest BCUT2D eigenvalue weighted by molar-refractivity contribution is 5.79. The molecule has 1 unspecified atom stereocenters. The molecule has 0 saturated carbocycles. The Kier molecular flexibility index (Phi) is 7.04. The molecule has 8 heteroatoms. The average Bonchev–Trinajstić information content (AvgIpc) is 3.17. The van der Waals surface area contributed by atoms with Gasteiger partial charge in [-0.3, -0.25) is 9.59 Å². The summed E-state index contributed by atoms with van der Waals surface area (Å²) < 4.78 is 10.8. The molecule has 0 spiro atoms. The number of hydrogen-bond acceptors (Lipinski definition) is 6. The van der Waals surface area contributed by atoms with Crippen molar-refractivity contribution in [2.45, 2.75) is 83.9 Å². The maximum atomic E-state index is 12.7. The van der Waals surface area contributed by atoms with Gasteiger partial charge in [-0.15, -0.1) is 10.2 Å². The molecule has 2 aliphatic rings. The Hall–Kier alpha value is -1.96. The van der Waals surface area contributed by atoms with Crippen LogP contribution in [-0.4, -0.2) is 58.3 Å². The molecular formula is C20H32N4O4. The van der Waals surface area contributed by atoms with Crippen molar-refractivity contribution < 1.29 is 18.7 Å². The van der Waals surface area contributed by atoms with Crippen LogP contribution < -0.4 is 5.32 Å². The molecule has 2 saturated heterocycles. The van der Waals surface area contributed by atoms with Crippen molar-refractivity contribution in [3.05, 3.63) is 11.8 Å². The third kappa shape index (κ3) is 5.53. The molecule has 3 atom stereocenters. The quantitative estimate of drug-likeness (QED) is 0.646. The lowest BCUT2D eigenvalue weighted by Gasteiger charge is -2.39. The van der Waals surface area contributed by atoms with Crippen molar-refractivity contribution in [2.75, 3.05) is 13.2 Å². The Morgan fingerprint density at radius 3 is 2.57 bits per heavy atom. The third-order valence-corrected chi connectivity index (χ3v) is 5.58. The topological polar surface area (TPSA) is 97.6 Å². The second-order valence-corrected chi connectivity index (χ2v) is 8.24. The lowest BCUT2D eigenvalue weighted by molar-refractivity contribution is -0.136. The highest BCUT2D eigenvalue weighted by atomic mass is 16.5. The Morgan fingerprint density at radius 2 is 1.96 bits per heavy atom. The van der Waals surface area contributed by atoms with Gasteiger partial charge < -0.3 is 19.4 Å². The van der Waals surface area contributed by atoms with Gasteiger partial charge in [0.05, 0.1) is 6.10 Å². The van der Waals surface area contributed by atoms with Crippen LogP contribution in [-0.2, 0) is 20.7 Å². The monoisotopic (exact) mass is 392 g/mol. The summed E-state index contributed by atoms with van der Waals surface area (Å²) in [7, 11) is 0. The minimum atomic E-state index is 0.0730. The molecule has 2 fully saturated rings. The maximum absolute atomic E-state index is 12.7. The van der Waals surface area contributed by atoms with E-state index in [1.54, 1.807) is 6.92 Å². The molecule has 8 nitrogen and oxygen atoms in total. The molecule has 2 amide bonds. The average molecular weight is 393 g/mol. The second kappa shape index (κ2) is 9.49. The van der Waals surface area contributed by atoms with E-state index in [1.807, 2.05) is 18.7 Å². The Bertz CT molecular complexity index is 661. The van der Waals surface area contributed by atoms with Gasteiger partial charge in [0.15, 0.2) is 0 Å². The normalized spacial score (nSPS) is 24.0. The van der Waals surface area contributed by atoms with Crippen molar-refractivity contribution in [2.24, 2.45) is 5.92 Å². The van der Waals surface area contributed by atoms with Crippen molar-refractivity contribution in [1.29, 1.82) is 0 Å². The number of carbonyl (C=O) groups excluding carboxylic acids is 2. The van der Waals surface area contributed by atoms with Crippen LogP contribution in [0, 0.1) is 12.8 Å². The molecule has 1 N–H and O–H groups in total. The van der Waals surface area contributed by atoms with Crippen LogP contribution in [0.4, 0.5) is 0 Å². The van der Waals surface area contributed by atoms with E-state index in [0.29, 0.717) is 37.3 Å². The van der Waals surface area contributed by atoms with E-state index in [4.69, 9.17) is 9.15 Å². The van der Waals surface area contributed by atoms with Crippen molar-refractivity contribution in [3.63, 3.8) is 0 Å². The standard InChI is InChI=1S/C20H32N4O4/c1-13(2)27-8-4-5-18(25)21-12-15-9-16-6-7-17(10-15)24(16)20(26)11-19-23-22-14(3)28-19/h13,15-17H,4-12H2,1-3H3,(H,21,25)/t15?,16-,17+. The van der Waals surface area contributed by atoms with Crippen molar-refractivity contribution in [3.8, 4) is 0 Å². The number of carbonyl (C=O) groups is 2. The van der Waals surface area contributed by atoms with Crippen LogP contribution >= 0.6 is 0 Å². The number of nitrogens with one attached hydrogen (secondary N) is 1. The van der Waals surface area contributed by atoms with Gasteiger partial charge in [-0.25, -0.2) is 0 Å². The molecule has 3 rings (SSSR count). The number of ether oxygens (including phenoxy) is 1. The fourth-order valence-corrected chi connectivity index (χ4v) is 4.39. The number of amides is 2. The molecule has 1 aromatic heterocycles. The smallest absolute Gasteiger partial charge is 0.232 e. The number of aryl methyl sites for hydroxylation is 1. The van der Waals surface area contributed by atoms with Gasteiger partial charge in [0.2, 0.25) is 23.6 Å². The fraction of sp³-hybridized carbons (Fsp3) is 0.800. The summed E-state index contributed by atoms with van der Waals surface area (Å²) in [6, 6.07) is 0.522. The van der Waals surface area contributed by atoms with Gasteiger partial charge in [0.1, 0.15) is 6.42 Å². The first-order valence-corrected chi connectivity index (χ1v) is 10.4. The van der Waals surface area contributed by atoms with Crippen LogP contribution in [0.5, 0.6) is 0 Å². The number of piperidine rings is 1. The van der Waals surface area contributed by atoms with E-state index < -0.39 is 0 Å². The zero-order valence-electron chi connectivity index (χ0n) is 17.1. The summed E-state index contributed by atoms with van der Waals surface area (Å²) in [4.78, 5) is 26.8. The maximum Gasteiger partial charge on any atom is 0.232 e. The Labute approximate surface area is 166 Å². The van der Waals surface area contributed by atoms with Crippen LogP contribution in [0.2, 0.25) is 0 Å². The van der Waals surface area contributed by atoms with E-state index in [0.717, 1.165) is 32.1 Å². The molecule has 28 heavy (non-hydrogen) atoms. The van der Waals surface area contributed by atoms with E-state index in [2.05, 4.69) is 15.5 Å². The summed E-state index contributed by atoms with van der Waals surface area (Å²) >= 11 is 0. The molecule has 1 aromatic rings. The summed E-state index contributed by atoms with van der Waals surface area (Å²) in [5.41, 5.74) is 0. The van der Waals surface area contributed by atoms with E-state index in [-0.39, 0.29) is 36.4 Å². The van der Waals surface area contributed by atoms with Gasteiger partial charge >= 0.3 is 0 Å². The largest absolute Gasteiger partial charge is 0.425 e. The fourth-order valence-electron chi connectivity index (χ4n) is 4.39. The molecule has 0 aromatic carbocycles. The number of fused-ring (bicyclic) bond motifs is 2. The zero-order chi connectivity index (χ0) is 20.1. The van der Waals surface area contributed by atoms with Gasteiger partial charge in [0, 0.05) is 38.6 Å². The number of rotatable bonds is 9. The summed E-state index contributed by atoms with van der Waals surface area (Å²) in [6.45, 7) is 7.03. The Balaban J connectivity index is 1.40. The molecule has 2 aliphatic heterocycles. The van der Waals surface area contributed by atoms with Crippen LogP contribution in [0.15, 0.2) is 4.42 Å². The van der Waals surface area contributed by atoms with Crippen LogP contribution in [0.3, 0.4) is 0 Å². The third-order valence-electron chi connectivity index (χ3n) is 5.58. The van der Waals surface area contributed by atoms with Gasteiger partial charge in [0.25, 0.3) is 0 Å². The number of nitrogens with zero attached hydrogens (tertiary/aromatic N) is 3. The molecule has 0 radical (unpaired) electrons. The number of aromatic nitrogens is 2. The summed E-state index contributed by atoms with van der Waals surface area (Å²) in [6.07, 6.45) is 5.59. The SMILES string of the molecule is Cc1nnc(CC(=O)N2[C@@H]3CC[C@H]2CC(CNC(=O)CCCOC(C)C)C3)o1. The Morgan fingerprint density at radius 1 is 1.25 bits per heavy atom. The van der Waals surface area contributed by atoms with Gasteiger partial charge in [-0.2, -0.15) is 0 Å². The minimum absolute atomic E-state index is 0.0730. The highest BCUT2D eigenvalue weighted by Crippen LogP contribution is 2.38. The predicted molar refractivity (Wildman–Crippen MR) is 102 cm³/mol. The molecule has 2 bridgehead atoms. The molecule has 3 heterocycles. The first-order chi connectivity index (χ1) is 13.4. The molecule has 156 valence electrons. The lowest BCUT2D eigenvalue weighted by Crippen LogP contribution is -2.49. The van der Waals surface area contributed by atoms with E-state index >= 15 is 0 Å².